The average molecular weight is 251 g/mol. The first-order valence-electron chi connectivity index (χ1n) is 7.06. The van der Waals surface area contributed by atoms with Crippen LogP contribution in [0.25, 0.3) is 0 Å². The molecule has 1 aliphatic rings. The number of hydrogen-bond donors (Lipinski definition) is 1. The first kappa shape index (κ1) is 12.4. The van der Waals surface area contributed by atoms with Crippen LogP contribution >= 0.6 is 0 Å². The lowest BCUT2D eigenvalue weighted by Crippen LogP contribution is -2.46. The van der Waals surface area contributed by atoms with Crippen LogP contribution in [-0.4, -0.2) is 6.54 Å². The van der Waals surface area contributed by atoms with Crippen LogP contribution in [-0.2, 0) is 5.41 Å². The molecule has 0 unspecified atom stereocenters. The van der Waals surface area contributed by atoms with Crippen LogP contribution in [0, 0.1) is 6.92 Å². The monoisotopic (exact) mass is 251 g/mol. The fourth-order valence-electron chi connectivity index (χ4n) is 3.27. The lowest BCUT2D eigenvalue weighted by Gasteiger charge is -2.48. The summed E-state index contributed by atoms with van der Waals surface area (Å²) in [4.78, 5) is 0. The van der Waals surface area contributed by atoms with Gasteiger partial charge in [-0.3, -0.25) is 0 Å². The quantitative estimate of drug-likeness (QED) is 0.883. The maximum atomic E-state index is 6.08. The zero-order valence-electron chi connectivity index (χ0n) is 11.5. The maximum Gasteiger partial charge on any atom is 0.00871 e. The maximum absolute atomic E-state index is 6.08. The van der Waals surface area contributed by atoms with Gasteiger partial charge >= 0.3 is 0 Å². The van der Waals surface area contributed by atoms with Crippen LogP contribution < -0.4 is 5.73 Å². The van der Waals surface area contributed by atoms with E-state index in [9.17, 15) is 0 Å². The van der Waals surface area contributed by atoms with Gasteiger partial charge in [-0.1, -0.05) is 60.2 Å². The van der Waals surface area contributed by atoms with E-state index in [4.69, 9.17) is 5.73 Å². The number of hydrogen-bond acceptors (Lipinski definition) is 1. The van der Waals surface area contributed by atoms with Gasteiger partial charge in [-0.25, -0.2) is 0 Å². The molecule has 0 spiro atoms. The molecule has 0 atom stereocenters. The molecule has 0 aliphatic heterocycles. The molecule has 2 N–H and O–H groups in total. The molecule has 0 bridgehead atoms. The molecule has 1 fully saturated rings. The molecule has 2 aromatic rings. The zero-order valence-corrected chi connectivity index (χ0v) is 11.5. The molecule has 3 rings (SSSR count). The van der Waals surface area contributed by atoms with E-state index in [2.05, 4.69) is 61.5 Å². The average Bonchev–Trinajstić information content (AvgIpc) is 2.41. The molecule has 0 aromatic heterocycles. The van der Waals surface area contributed by atoms with Gasteiger partial charge in [0.2, 0.25) is 0 Å². The summed E-state index contributed by atoms with van der Waals surface area (Å²) in [5, 5.41) is 0. The van der Waals surface area contributed by atoms with Gasteiger partial charge in [0, 0.05) is 12.0 Å². The van der Waals surface area contributed by atoms with Gasteiger partial charge in [0.1, 0.15) is 0 Å². The minimum Gasteiger partial charge on any atom is -0.330 e. The van der Waals surface area contributed by atoms with Crippen molar-refractivity contribution in [2.24, 2.45) is 5.73 Å². The van der Waals surface area contributed by atoms with Crippen molar-refractivity contribution in [3.05, 3.63) is 71.3 Å². The van der Waals surface area contributed by atoms with Gasteiger partial charge in [0.25, 0.3) is 0 Å². The lowest BCUT2D eigenvalue weighted by atomic mass is 9.57. The molecule has 0 saturated heterocycles. The lowest BCUT2D eigenvalue weighted by molar-refractivity contribution is 0.209. The Morgan fingerprint density at radius 3 is 2.21 bits per heavy atom. The molecular formula is C18H21N. The van der Waals surface area contributed by atoms with E-state index in [1.165, 1.54) is 29.5 Å². The molecule has 19 heavy (non-hydrogen) atoms. The number of rotatable bonds is 3. The number of nitrogens with two attached hydrogens (primary N) is 1. The van der Waals surface area contributed by atoms with Crippen molar-refractivity contribution < 1.29 is 0 Å². The van der Waals surface area contributed by atoms with Gasteiger partial charge in [-0.2, -0.15) is 0 Å². The summed E-state index contributed by atoms with van der Waals surface area (Å²) in [7, 11) is 0. The van der Waals surface area contributed by atoms with E-state index in [1.54, 1.807) is 0 Å². The largest absolute Gasteiger partial charge is 0.330 e. The van der Waals surface area contributed by atoms with Gasteiger partial charge in [-0.15, -0.1) is 0 Å². The van der Waals surface area contributed by atoms with E-state index in [0.29, 0.717) is 5.92 Å². The minimum absolute atomic E-state index is 0.203. The molecule has 1 nitrogen and oxygen atoms in total. The zero-order chi connectivity index (χ0) is 13.3. The molecule has 2 aromatic carbocycles. The highest BCUT2D eigenvalue weighted by Crippen LogP contribution is 2.51. The Balaban J connectivity index is 1.80. The molecule has 98 valence electrons. The van der Waals surface area contributed by atoms with Crippen LogP contribution in [0.4, 0.5) is 0 Å². The van der Waals surface area contributed by atoms with Crippen LogP contribution in [0.2, 0.25) is 0 Å². The second-order valence-corrected chi connectivity index (χ2v) is 5.87. The molecular weight excluding hydrogens is 230 g/mol. The number of aryl methyl sites for hydroxylation is 1. The van der Waals surface area contributed by atoms with Gasteiger partial charge in [0.15, 0.2) is 0 Å². The fourth-order valence-corrected chi connectivity index (χ4v) is 3.27. The van der Waals surface area contributed by atoms with Crippen molar-refractivity contribution in [2.45, 2.75) is 31.1 Å². The van der Waals surface area contributed by atoms with E-state index in [0.717, 1.165) is 6.54 Å². The molecule has 1 aliphatic carbocycles. The summed E-state index contributed by atoms with van der Waals surface area (Å²) in [6.07, 6.45) is 2.35. The van der Waals surface area contributed by atoms with Crippen molar-refractivity contribution in [3.63, 3.8) is 0 Å². The second kappa shape index (κ2) is 4.82. The van der Waals surface area contributed by atoms with E-state index >= 15 is 0 Å². The Labute approximate surface area is 115 Å². The molecule has 0 radical (unpaired) electrons. The molecule has 1 heteroatoms. The van der Waals surface area contributed by atoms with Crippen LogP contribution in [0.5, 0.6) is 0 Å². The third-order valence-electron chi connectivity index (χ3n) is 4.60. The van der Waals surface area contributed by atoms with Crippen LogP contribution in [0.1, 0.15) is 35.4 Å². The smallest absolute Gasteiger partial charge is 0.00871 e. The van der Waals surface area contributed by atoms with Crippen molar-refractivity contribution in [1.82, 2.24) is 0 Å². The highest BCUT2D eigenvalue weighted by molar-refractivity contribution is 5.36. The van der Waals surface area contributed by atoms with E-state index in [1.807, 2.05) is 0 Å². The highest BCUT2D eigenvalue weighted by Gasteiger charge is 2.44. The van der Waals surface area contributed by atoms with E-state index < -0.39 is 0 Å². The summed E-state index contributed by atoms with van der Waals surface area (Å²) in [5.41, 5.74) is 10.5. The van der Waals surface area contributed by atoms with Crippen molar-refractivity contribution in [2.75, 3.05) is 6.54 Å². The summed E-state index contributed by atoms with van der Waals surface area (Å²) in [5.74, 6) is 0.672. The van der Waals surface area contributed by atoms with Crippen LogP contribution in [0.3, 0.4) is 0 Å². The predicted molar refractivity (Wildman–Crippen MR) is 80.3 cm³/mol. The van der Waals surface area contributed by atoms with Gasteiger partial charge < -0.3 is 5.73 Å². The molecule has 1 saturated carbocycles. The van der Waals surface area contributed by atoms with Crippen LogP contribution in [0.15, 0.2) is 54.6 Å². The third kappa shape index (κ3) is 2.19. The molecule has 0 heterocycles. The summed E-state index contributed by atoms with van der Waals surface area (Å²) < 4.78 is 0. The Hall–Kier alpha value is -1.60. The Morgan fingerprint density at radius 2 is 1.63 bits per heavy atom. The standard InChI is InChI=1S/C18H21N/c1-14-7-9-17(10-8-14)18(13-19)11-16(12-18)15-5-3-2-4-6-15/h2-10,16H,11-13,19H2,1H3. The minimum atomic E-state index is 0.203. The normalized spacial score (nSPS) is 25.9. The molecule has 0 amide bonds. The predicted octanol–water partition coefficient (Wildman–Crippen LogP) is 3.77. The van der Waals surface area contributed by atoms with Crippen molar-refractivity contribution >= 4 is 0 Å². The van der Waals surface area contributed by atoms with Gasteiger partial charge in [0.05, 0.1) is 0 Å². The SMILES string of the molecule is Cc1ccc(C2(CN)CC(c3ccccc3)C2)cc1. The summed E-state index contributed by atoms with van der Waals surface area (Å²) >= 11 is 0. The van der Waals surface area contributed by atoms with Crippen molar-refractivity contribution in [3.8, 4) is 0 Å². The first-order chi connectivity index (χ1) is 9.23. The first-order valence-corrected chi connectivity index (χ1v) is 7.06. The Bertz CT molecular complexity index is 536. The second-order valence-electron chi connectivity index (χ2n) is 5.87. The Morgan fingerprint density at radius 1 is 1.00 bits per heavy atom. The number of benzene rings is 2. The Kier molecular flexibility index (Phi) is 3.16. The fraction of sp³-hybridized carbons (Fsp3) is 0.333. The van der Waals surface area contributed by atoms with Crippen molar-refractivity contribution in [1.29, 1.82) is 0 Å². The summed E-state index contributed by atoms with van der Waals surface area (Å²) in [6, 6.07) is 19.7. The highest BCUT2D eigenvalue weighted by atomic mass is 14.6. The topological polar surface area (TPSA) is 26.0 Å². The van der Waals surface area contributed by atoms with E-state index in [-0.39, 0.29) is 5.41 Å². The summed E-state index contributed by atoms with van der Waals surface area (Å²) in [6.45, 7) is 2.88. The van der Waals surface area contributed by atoms with Gasteiger partial charge in [-0.05, 0) is 36.8 Å². The third-order valence-corrected chi connectivity index (χ3v) is 4.60.